The van der Waals surface area contributed by atoms with Crippen molar-refractivity contribution >= 4 is 32.8 Å². The zero-order valence-electron chi connectivity index (χ0n) is 28.1. The SMILES string of the molecule is CC(C)n1[cH+]n(-c2[c-]c(Oc3[c-]c4c(cc3)c3ccccc3n4-c3cc(-c4ccccc4-c4ccccc4)ccn3)ccc2)c2ccccc21.[Pt]. The molecule has 0 unspecified atom stereocenters. The number of nitrogens with zero attached hydrogens (tertiary/aromatic N) is 4. The van der Waals surface area contributed by atoms with Gasteiger partial charge in [-0.2, -0.15) is 12.1 Å². The Morgan fingerprint density at radius 2 is 1.29 bits per heavy atom. The van der Waals surface area contributed by atoms with Crippen LogP contribution in [0.25, 0.3) is 66.6 Å². The van der Waals surface area contributed by atoms with E-state index < -0.39 is 0 Å². The molecule has 250 valence electrons. The largest absolute Gasteiger partial charge is 0.508 e. The first-order valence-electron chi connectivity index (χ1n) is 16.9. The summed E-state index contributed by atoms with van der Waals surface area (Å²) < 4.78 is 13.1. The van der Waals surface area contributed by atoms with Crippen LogP contribution in [-0.2, 0) is 21.1 Å². The molecule has 0 aliphatic rings. The van der Waals surface area contributed by atoms with Crippen LogP contribution in [0.2, 0.25) is 0 Å². The average Bonchev–Trinajstić information content (AvgIpc) is 3.72. The molecule has 9 aromatic rings. The third-order valence-corrected chi connectivity index (χ3v) is 9.30. The molecular weight excluding hydrogens is 808 g/mol. The van der Waals surface area contributed by atoms with E-state index in [0.717, 1.165) is 50.0 Å². The Kier molecular flexibility index (Phi) is 8.59. The Morgan fingerprint density at radius 3 is 2.10 bits per heavy atom. The minimum absolute atomic E-state index is 0. The molecule has 3 aromatic heterocycles. The van der Waals surface area contributed by atoms with Crippen LogP contribution in [0.15, 0.2) is 158 Å². The van der Waals surface area contributed by atoms with Crippen molar-refractivity contribution in [2.45, 2.75) is 19.9 Å². The van der Waals surface area contributed by atoms with E-state index in [0.29, 0.717) is 17.5 Å². The van der Waals surface area contributed by atoms with Gasteiger partial charge in [0.05, 0.1) is 6.04 Å². The fraction of sp³-hybridized carbons (Fsp3) is 0.0667. The van der Waals surface area contributed by atoms with Gasteiger partial charge in [0, 0.05) is 62.1 Å². The third kappa shape index (κ3) is 5.84. The van der Waals surface area contributed by atoms with Gasteiger partial charge in [-0.05, 0) is 71.8 Å². The second-order valence-corrected chi connectivity index (χ2v) is 12.7. The van der Waals surface area contributed by atoms with Gasteiger partial charge in [-0.25, -0.2) is 14.1 Å². The van der Waals surface area contributed by atoms with Crippen molar-refractivity contribution in [3.8, 4) is 45.3 Å². The van der Waals surface area contributed by atoms with Crippen molar-refractivity contribution in [1.82, 2.24) is 18.7 Å². The Labute approximate surface area is 311 Å². The molecule has 0 spiro atoms. The summed E-state index contributed by atoms with van der Waals surface area (Å²) in [5.74, 6) is 2.04. The molecule has 9 rings (SSSR count). The normalized spacial score (nSPS) is 11.4. The summed E-state index contributed by atoms with van der Waals surface area (Å²) in [5.41, 5.74) is 9.77. The molecule has 3 heterocycles. The minimum atomic E-state index is 0. The number of hydrogen-bond donors (Lipinski definition) is 0. The summed E-state index contributed by atoms with van der Waals surface area (Å²) >= 11 is 0. The van der Waals surface area contributed by atoms with E-state index in [-0.39, 0.29) is 21.1 Å². The van der Waals surface area contributed by atoms with Crippen molar-refractivity contribution in [2.75, 3.05) is 0 Å². The van der Waals surface area contributed by atoms with Crippen molar-refractivity contribution in [2.24, 2.45) is 0 Å². The average molecular weight is 841 g/mol. The van der Waals surface area contributed by atoms with Gasteiger partial charge in [0.2, 0.25) is 0 Å². The topological polar surface area (TPSA) is 36.9 Å². The number of hydrogen-bond acceptors (Lipinski definition) is 2. The molecule has 0 aliphatic carbocycles. The van der Waals surface area contributed by atoms with Crippen LogP contribution in [0.4, 0.5) is 0 Å². The second kappa shape index (κ2) is 13.5. The maximum absolute atomic E-state index is 6.49. The first-order valence-corrected chi connectivity index (χ1v) is 16.9. The van der Waals surface area contributed by atoms with E-state index in [1.54, 1.807) is 0 Å². The first kappa shape index (κ1) is 32.4. The quantitative estimate of drug-likeness (QED) is 0.150. The summed E-state index contributed by atoms with van der Waals surface area (Å²) in [7, 11) is 0. The molecule has 5 nitrogen and oxygen atoms in total. The van der Waals surface area contributed by atoms with Crippen LogP contribution in [0.3, 0.4) is 0 Å². The summed E-state index contributed by atoms with van der Waals surface area (Å²) in [6.07, 6.45) is 4.03. The van der Waals surface area contributed by atoms with E-state index in [1.165, 1.54) is 16.6 Å². The van der Waals surface area contributed by atoms with E-state index in [1.807, 2.05) is 30.5 Å². The second-order valence-electron chi connectivity index (χ2n) is 12.7. The van der Waals surface area contributed by atoms with Crippen molar-refractivity contribution < 1.29 is 25.8 Å². The van der Waals surface area contributed by atoms with E-state index in [2.05, 4.69) is 167 Å². The predicted molar refractivity (Wildman–Crippen MR) is 203 cm³/mol. The molecule has 0 N–H and O–H groups in total. The van der Waals surface area contributed by atoms with Gasteiger partial charge >= 0.3 is 0 Å². The van der Waals surface area contributed by atoms with Gasteiger partial charge in [0.25, 0.3) is 0 Å². The molecule has 6 heteroatoms. The summed E-state index contributed by atoms with van der Waals surface area (Å²) in [6, 6.07) is 57.7. The summed E-state index contributed by atoms with van der Waals surface area (Å²) in [5, 5.41) is 2.22. The molecule has 0 radical (unpaired) electrons. The molecule has 0 fully saturated rings. The summed E-state index contributed by atoms with van der Waals surface area (Å²) in [6.45, 7) is 4.39. The van der Waals surface area contributed by atoms with Gasteiger partial charge < -0.3 is 9.30 Å². The first-order chi connectivity index (χ1) is 24.6. The fourth-order valence-corrected chi connectivity index (χ4v) is 6.98. The molecule has 0 aliphatic heterocycles. The smallest absolute Gasteiger partial charge is 0.188 e. The van der Waals surface area contributed by atoms with Gasteiger partial charge in [-0.3, -0.25) is 0 Å². The zero-order chi connectivity index (χ0) is 33.6. The number of aromatic nitrogens is 4. The molecule has 0 saturated carbocycles. The van der Waals surface area contributed by atoms with Crippen LogP contribution >= 0.6 is 0 Å². The fourth-order valence-electron chi connectivity index (χ4n) is 6.98. The minimum Gasteiger partial charge on any atom is -0.508 e. The number of benzene rings is 6. The van der Waals surface area contributed by atoms with Crippen LogP contribution in [0.1, 0.15) is 19.9 Å². The standard InChI is InChI=1S/C45H33N4O.Pt/c1-31(2)47-30-48(43-22-11-10-21-42(43)47)34-15-12-16-35(28-34)50-36-23-24-40-39-19-8-9-20-41(39)49(44(40)29-36)45-27-33(25-26-46-45)38-18-7-6-17-37(38)32-13-4-3-5-14-32;/h3-27,30-31H,1-2H3;/q-1;. The Hall–Kier alpha value is -5.77. The Morgan fingerprint density at radius 1 is 0.608 bits per heavy atom. The maximum atomic E-state index is 6.49. The Balaban J connectivity index is 0.00000374. The number of para-hydroxylation sites is 3. The number of ether oxygens (including phenoxy) is 1. The monoisotopic (exact) mass is 840 g/mol. The van der Waals surface area contributed by atoms with Crippen LogP contribution in [0, 0.1) is 12.1 Å². The maximum Gasteiger partial charge on any atom is 0.188 e. The van der Waals surface area contributed by atoms with Crippen LogP contribution in [-0.4, -0.2) is 18.7 Å². The number of rotatable bonds is 7. The molecule has 0 bridgehead atoms. The van der Waals surface area contributed by atoms with Crippen molar-refractivity contribution in [3.63, 3.8) is 0 Å². The third-order valence-electron chi connectivity index (χ3n) is 9.30. The molecule has 0 amide bonds. The van der Waals surface area contributed by atoms with Crippen LogP contribution < -0.4 is 4.74 Å². The van der Waals surface area contributed by atoms with E-state index in [9.17, 15) is 0 Å². The van der Waals surface area contributed by atoms with Crippen LogP contribution in [0.5, 0.6) is 11.5 Å². The van der Waals surface area contributed by atoms with Gasteiger partial charge in [-0.15, -0.1) is 29.7 Å². The molecular formula is C45H33N4OPt-. The summed E-state index contributed by atoms with van der Waals surface area (Å²) in [4.78, 5) is 4.90. The Bertz CT molecular complexity index is 2670. The van der Waals surface area contributed by atoms with E-state index >= 15 is 0 Å². The van der Waals surface area contributed by atoms with Crippen molar-refractivity contribution in [3.05, 3.63) is 170 Å². The number of fused-ring (bicyclic) bond motifs is 4. The van der Waals surface area contributed by atoms with Crippen molar-refractivity contribution in [1.29, 1.82) is 0 Å². The molecule has 6 aromatic carbocycles. The molecule has 0 saturated heterocycles. The predicted octanol–water partition coefficient (Wildman–Crippen LogP) is 11.5. The molecule has 0 atom stereocenters. The van der Waals surface area contributed by atoms with Gasteiger partial charge in [-0.1, -0.05) is 84.4 Å². The number of pyridine rings is 1. The molecule has 51 heavy (non-hydrogen) atoms. The van der Waals surface area contributed by atoms with Gasteiger partial charge in [0.15, 0.2) is 17.4 Å². The zero-order valence-corrected chi connectivity index (χ0v) is 30.4. The van der Waals surface area contributed by atoms with Gasteiger partial charge in [0.1, 0.15) is 5.82 Å². The van der Waals surface area contributed by atoms with E-state index in [4.69, 9.17) is 9.72 Å². The number of imidazole rings is 1.